The lowest BCUT2D eigenvalue weighted by molar-refractivity contribution is 0.0224. The molecule has 1 aliphatic rings. The summed E-state index contributed by atoms with van der Waals surface area (Å²) in [6.45, 7) is 6.25. The van der Waals surface area contributed by atoms with Gasteiger partial charge in [0.25, 0.3) is 0 Å². The molecule has 1 aliphatic heterocycles. The van der Waals surface area contributed by atoms with Gasteiger partial charge in [0.1, 0.15) is 5.60 Å². The van der Waals surface area contributed by atoms with E-state index in [2.05, 4.69) is 10.1 Å². The fourth-order valence-corrected chi connectivity index (χ4v) is 2.97. The minimum absolute atomic E-state index is 0.114. The van der Waals surface area contributed by atoms with E-state index in [9.17, 15) is 4.79 Å². The van der Waals surface area contributed by atoms with Gasteiger partial charge in [0.15, 0.2) is 10.8 Å². The van der Waals surface area contributed by atoms with Crippen LogP contribution in [0.2, 0.25) is 5.15 Å². The topological polar surface area (TPSA) is 59.7 Å². The summed E-state index contributed by atoms with van der Waals surface area (Å²) in [6.07, 6.45) is 4.86. The summed E-state index contributed by atoms with van der Waals surface area (Å²) >= 11 is 6.30. The van der Waals surface area contributed by atoms with Crippen LogP contribution in [0.3, 0.4) is 0 Å². The summed E-state index contributed by atoms with van der Waals surface area (Å²) in [5, 5.41) is 4.68. The predicted molar refractivity (Wildman–Crippen MR) is 82.9 cm³/mol. The molecule has 1 fully saturated rings. The lowest BCUT2D eigenvalue weighted by Gasteiger charge is -2.29. The van der Waals surface area contributed by atoms with Crippen LogP contribution in [0.4, 0.5) is 4.79 Å². The number of carbonyl (C=O) groups excluding carboxylic acids is 1. The van der Waals surface area contributed by atoms with Gasteiger partial charge in [-0.1, -0.05) is 11.6 Å². The first-order valence-electron chi connectivity index (χ1n) is 7.34. The Hall–Kier alpha value is -1.82. The normalized spacial score (nSPS) is 18.9. The minimum Gasteiger partial charge on any atom is -0.444 e. The molecule has 22 heavy (non-hydrogen) atoms. The summed E-state index contributed by atoms with van der Waals surface area (Å²) in [5.74, 6) is 0. The van der Waals surface area contributed by atoms with Crippen molar-refractivity contribution >= 4 is 23.3 Å². The lowest BCUT2D eigenvalue weighted by Crippen LogP contribution is -2.36. The van der Waals surface area contributed by atoms with Gasteiger partial charge in [0.05, 0.1) is 6.04 Å². The van der Waals surface area contributed by atoms with Crippen LogP contribution in [-0.4, -0.2) is 37.7 Å². The standard InChI is InChI=1S/C15H19ClN4O2/c1-15(2,3)22-14(21)19-7-4-5-11(19)10-9-12-17-6-8-20(12)18-13(10)16/h6,8-9,11H,4-5,7H2,1-3H3. The second-order valence-corrected chi connectivity index (χ2v) is 6.81. The van der Waals surface area contributed by atoms with Gasteiger partial charge >= 0.3 is 6.09 Å². The molecule has 0 N–H and O–H groups in total. The summed E-state index contributed by atoms with van der Waals surface area (Å²) < 4.78 is 7.11. The smallest absolute Gasteiger partial charge is 0.410 e. The number of rotatable bonds is 1. The largest absolute Gasteiger partial charge is 0.444 e. The zero-order chi connectivity index (χ0) is 15.9. The van der Waals surface area contributed by atoms with Gasteiger partial charge in [0.2, 0.25) is 0 Å². The molecule has 1 amide bonds. The molecular formula is C15H19ClN4O2. The average Bonchev–Trinajstić information content (AvgIpc) is 3.02. The van der Waals surface area contributed by atoms with Gasteiger partial charge in [-0.2, -0.15) is 5.10 Å². The molecule has 2 aromatic rings. The van der Waals surface area contributed by atoms with Crippen molar-refractivity contribution in [2.45, 2.75) is 45.3 Å². The highest BCUT2D eigenvalue weighted by molar-refractivity contribution is 6.30. The fraction of sp³-hybridized carbons (Fsp3) is 0.533. The number of aromatic nitrogens is 3. The SMILES string of the molecule is CC(C)(C)OC(=O)N1CCCC1c1cc2nccn2nc1Cl. The van der Waals surface area contributed by atoms with Crippen LogP contribution >= 0.6 is 11.6 Å². The van der Waals surface area contributed by atoms with Crippen molar-refractivity contribution in [1.82, 2.24) is 19.5 Å². The Balaban J connectivity index is 1.91. The zero-order valence-electron chi connectivity index (χ0n) is 12.9. The Morgan fingerprint density at radius 2 is 2.23 bits per heavy atom. The van der Waals surface area contributed by atoms with Crippen molar-refractivity contribution in [2.75, 3.05) is 6.54 Å². The van der Waals surface area contributed by atoms with E-state index in [1.165, 1.54) is 0 Å². The summed E-state index contributed by atoms with van der Waals surface area (Å²) in [4.78, 5) is 18.3. The maximum absolute atomic E-state index is 12.4. The number of fused-ring (bicyclic) bond motifs is 1. The van der Waals surface area contributed by atoms with Gasteiger partial charge in [-0.3, -0.25) is 0 Å². The van der Waals surface area contributed by atoms with Crippen molar-refractivity contribution in [1.29, 1.82) is 0 Å². The highest BCUT2D eigenvalue weighted by Crippen LogP contribution is 2.36. The molecule has 0 aromatic carbocycles. The number of nitrogens with zero attached hydrogens (tertiary/aromatic N) is 4. The average molecular weight is 323 g/mol. The molecule has 1 atom stereocenters. The molecule has 1 saturated heterocycles. The number of likely N-dealkylation sites (tertiary alicyclic amines) is 1. The lowest BCUT2D eigenvalue weighted by atomic mass is 10.1. The maximum Gasteiger partial charge on any atom is 0.410 e. The van der Waals surface area contributed by atoms with Gasteiger partial charge in [-0.15, -0.1) is 0 Å². The van der Waals surface area contributed by atoms with Crippen LogP contribution in [-0.2, 0) is 4.74 Å². The Kier molecular flexibility index (Phi) is 3.72. The van der Waals surface area contributed by atoms with Gasteiger partial charge in [0, 0.05) is 24.5 Å². The van der Waals surface area contributed by atoms with E-state index in [0.717, 1.165) is 24.1 Å². The van der Waals surface area contributed by atoms with Crippen LogP contribution < -0.4 is 0 Å². The molecule has 0 aliphatic carbocycles. The first kappa shape index (κ1) is 15.1. The zero-order valence-corrected chi connectivity index (χ0v) is 13.7. The van der Waals surface area contributed by atoms with Crippen LogP contribution in [0.1, 0.15) is 45.2 Å². The van der Waals surface area contributed by atoms with E-state index >= 15 is 0 Å². The van der Waals surface area contributed by atoms with E-state index in [1.807, 2.05) is 26.8 Å². The molecule has 1 unspecified atom stereocenters. The van der Waals surface area contributed by atoms with Crippen molar-refractivity contribution in [3.05, 3.63) is 29.2 Å². The van der Waals surface area contributed by atoms with E-state index in [0.29, 0.717) is 11.7 Å². The molecule has 3 rings (SSSR count). The predicted octanol–water partition coefficient (Wildman–Crippen LogP) is 3.45. The quantitative estimate of drug-likeness (QED) is 0.806. The maximum atomic E-state index is 12.4. The number of ether oxygens (including phenoxy) is 1. The molecule has 118 valence electrons. The van der Waals surface area contributed by atoms with E-state index in [1.54, 1.807) is 21.8 Å². The van der Waals surface area contributed by atoms with Crippen LogP contribution in [0, 0.1) is 0 Å². The second kappa shape index (κ2) is 5.43. The van der Waals surface area contributed by atoms with E-state index in [-0.39, 0.29) is 12.1 Å². The third kappa shape index (κ3) is 2.88. The molecule has 7 heteroatoms. The Morgan fingerprint density at radius 3 is 2.95 bits per heavy atom. The molecule has 0 saturated carbocycles. The van der Waals surface area contributed by atoms with Gasteiger partial charge < -0.3 is 9.64 Å². The molecule has 6 nitrogen and oxygen atoms in total. The number of imidazole rings is 1. The van der Waals surface area contributed by atoms with Crippen molar-refractivity contribution < 1.29 is 9.53 Å². The Labute approximate surface area is 134 Å². The molecule has 0 bridgehead atoms. The molecule has 2 aromatic heterocycles. The van der Waals surface area contributed by atoms with Gasteiger partial charge in [-0.05, 0) is 39.7 Å². The highest BCUT2D eigenvalue weighted by atomic mass is 35.5. The Morgan fingerprint density at radius 1 is 1.45 bits per heavy atom. The summed E-state index contributed by atoms with van der Waals surface area (Å²) in [6, 6.07) is 1.78. The third-order valence-electron chi connectivity index (χ3n) is 3.61. The number of hydrogen-bond donors (Lipinski definition) is 0. The van der Waals surface area contributed by atoms with Crippen LogP contribution in [0.15, 0.2) is 18.5 Å². The number of carbonyl (C=O) groups is 1. The van der Waals surface area contributed by atoms with Crippen molar-refractivity contribution in [2.24, 2.45) is 0 Å². The van der Waals surface area contributed by atoms with E-state index in [4.69, 9.17) is 16.3 Å². The van der Waals surface area contributed by atoms with Crippen molar-refractivity contribution in [3.63, 3.8) is 0 Å². The third-order valence-corrected chi connectivity index (χ3v) is 3.90. The number of hydrogen-bond acceptors (Lipinski definition) is 4. The minimum atomic E-state index is -0.515. The van der Waals surface area contributed by atoms with Crippen LogP contribution in [0.25, 0.3) is 5.65 Å². The molecule has 0 spiro atoms. The molecular weight excluding hydrogens is 304 g/mol. The van der Waals surface area contributed by atoms with Gasteiger partial charge in [-0.25, -0.2) is 14.3 Å². The Bertz CT molecular complexity index is 707. The first-order chi connectivity index (χ1) is 10.3. The van der Waals surface area contributed by atoms with E-state index < -0.39 is 5.60 Å². The molecule has 0 radical (unpaired) electrons. The first-order valence-corrected chi connectivity index (χ1v) is 7.72. The van der Waals surface area contributed by atoms with Crippen molar-refractivity contribution in [3.8, 4) is 0 Å². The number of amides is 1. The van der Waals surface area contributed by atoms with Crippen LogP contribution in [0.5, 0.6) is 0 Å². The summed E-state index contributed by atoms with van der Waals surface area (Å²) in [5.41, 5.74) is 1.03. The monoisotopic (exact) mass is 322 g/mol. The molecule has 3 heterocycles. The number of halogens is 1. The summed E-state index contributed by atoms with van der Waals surface area (Å²) in [7, 11) is 0. The highest BCUT2D eigenvalue weighted by Gasteiger charge is 2.34. The second-order valence-electron chi connectivity index (χ2n) is 6.45. The fourth-order valence-electron chi connectivity index (χ4n) is 2.71.